The van der Waals surface area contributed by atoms with Gasteiger partial charge in [-0.1, -0.05) is 0 Å². The zero-order valence-corrected chi connectivity index (χ0v) is 7.93. The van der Waals surface area contributed by atoms with Crippen LogP contribution in [-0.2, 0) is 4.79 Å². The van der Waals surface area contributed by atoms with Gasteiger partial charge in [0, 0.05) is 18.3 Å². The molecule has 74 valence electrons. The molecule has 0 spiro atoms. The van der Waals surface area contributed by atoms with Crippen LogP contribution in [0.25, 0.3) is 0 Å². The number of ketones is 1. The van der Waals surface area contributed by atoms with Gasteiger partial charge in [-0.05, 0) is 13.8 Å². The first kappa shape index (κ1) is 10.3. The maximum Gasteiger partial charge on any atom is 0.272 e. The number of carbonyl (C=O) groups is 1. The molecule has 0 aromatic carbocycles. The molecule has 1 aromatic rings. The molecule has 0 bridgehead atoms. The molecule has 1 atom stereocenters. The van der Waals surface area contributed by atoms with Crippen LogP contribution >= 0.6 is 0 Å². The number of nitrogens with zero attached hydrogens (tertiary/aromatic N) is 2. The van der Waals surface area contributed by atoms with E-state index in [9.17, 15) is 14.9 Å². The van der Waals surface area contributed by atoms with Crippen molar-refractivity contribution < 1.29 is 9.72 Å². The van der Waals surface area contributed by atoms with Crippen molar-refractivity contribution in [2.75, 3.05) is 0 Å². The van der Waals surface area contributed by atoms with Crippen LogP contribution < -0.4 is 0 Å². The van der Waals surface area contributed by atoms with Crippen LogP contribution in [0.15, 0.2) is 18.3 Å². The van der Waals surface area contributed by atoms with Gasteiger partial charge in [0.05, 0.1) is 16.5 Å². The minimum Gasteiger partial charge on any atom is -0.299 e. The lowest BCUT2D eigenvalue weighted by Gasteiger charge is -2.05. The van der Waals surface area contributed by atoms with Gasteiger partial charge in [-0.15, -0.1) is 0 Å². The highest BCUT2D eigenvalue weighted by molar-refractivity contribution is 5.82. The van der Waals surface area contributed by atoms with Crippen molar-refractivity contribution in [1.29, 1.82) is 0 Å². The SMILES string of the molecule is CC(=O)C(C)c1cc([N+](=O)[O-])ccn1. The second kappa shape index (κ2) is 3.95. The van der Waals surface area contributed by atoms with E-state index >= 15 is 0 Å². The Bertz CT molecular complexity index is 376. The summed E-state index contributed by atoms with van der Waals surface area (Å²) in [6.07, 6.45) is 1.34. The van der Waals surface area contributed by atoms with Crippen LogP contribution in [0.1, 0.15) is 25.5 Å². The standard InChI is InChI=1S/C9H10N2O3/c1-6(7(2)12)9-5-8(11(13)14)3-4-10-9/h3-6H,1-2H3. The number of aromatic nitrogens is 1. The van der Waals surface area contributed by atoms with Crippen molar-refractivity contribution in [3.8, 4) is 0 Å². The van der Waals surface area contributed by atoms with Crippen molar-refractivity contribution in [3.05, 3.63) is 34.1 Å². The van der Waals surface area contributed by atoms with E-state index in [1.165, 1.54) is 25.3 Å². The Kier molecular flexibility index (Phi) is 2.91. The maximum atomic E-state index is 11.0. The average Bonchev–Trinajstić information content (AvgIpc) is 2.16. The van der Waals surface area contributed by atoms with Crippen molar-refractivity contribution in [2.24, 2.45) is 0 Å². The summed E-state index contributed by atoms with van der Waals surface area (Å²) in [6.45, 7) is 3.11. The number of carbonyl (C=O) groups excluding carboxylic acids is 1. The highest BCUT2D eigenvalue weighted by Gasteiger charge is 2.15. The van der Waals surface area contributed by atoms with Gasteiger partial charge in [-0.3, -0.25) is 19.9 Å². The lowest BCUT2D eigenvalue weighted by atomic mass is 10.0. The maximum absolute atomic E-state index is 11.0. The topological polar surface area (TPSA) is 73.1 Å². The van der Waals surface area contributed by atoms with Crippen LogP contribution in [0, 0.1) is 10.1 Å². The summed E-state index contributed by atoms with van der Waals surface area (Å²) in [5, 5.41) is 10.4. The first-order valence-electron chi connectivity index (χ1n) is 4.13. The van der Waals surface area contributed by atoms with Gasteiger partial charge in [0.25, 0.3) is 5.69 Å². The smallest absolute Gasteiger partial charge is 0.272 e. The lowest BCUT2D eigenvalue weighted by Crippen LogP contribution is -2.06. The quantitative estimate of drug-likeness (QED) is 0.542. The molecule has 1 heterocycles. The summed E-state index contributed by atoms with van der Waals surface area (Å²) in [7, 11) is 0. The predicted molar refractivity (Wildman–Crippen MR) is 50.0 cm³/mol. The molecule has 0 radical (unpaired) electrons. The number of hydrogen-bond donors (Lipinski definition) is 0. The molecule has 0 aliphatic rings. The molecule has 0 aliphatic heterocycles. The Labute approximate surface area is 80.9 Å². The van der Waals surface area contributed by atoms with Crippen LogP contribution in [-0.4, -0.2) is 15.7 Å². The Hall–Kier alpha value is -1.78. The van der Waals surface area contributed by atoms with E-state index in [0.717, 1.165) is 0 Å². The van der Waals surface area contributed by atoms with E-state index in [4.69, 9.17) is 0 Å². The van der Waals surface area contributed by atoms with Crippen LogP contribution in [0.4, 0.5) is 5.69 Å². The van der Waals surface area contributed by atoms with Gasteiger partial charge in [-0.2, -0.15) is 0 Å². The van der Waals surface area contributed by atoms with E-state index in [1.54, 1.807) is 6.92 Å². The Balaban J connectivity index is 3.05. The first-order chi connectivity index (χ1) is 6.52. The third kappa shape index (κ3) is 2.12. The molecule has 0 aliphatic carbocycles. The largest absolute Gasteiger partial charge is 0.299 e. The molecule has 1 rings (SSSR count). The summed E-state index contributed by atoms with van der Waals surface area (Å²) in [6, 6.07) is 2.63. The van der Waals surface area contributed by atoms with Gasteiger partial charge in [0.15, 0.2) is 0 Å². The average molecular weight is 194 g/mol. The number of nitro groups is 1. The van der Waals surface area contributed by atoms with Crippen molar-refractivity contribution in [1.82, 2.24) is 4.98 Å². The summed E-state index contributed by atoms with van der Waals surface area (Å²) < 4.78 is 0. The summed E-state index contributed by atoms with van der Waals surface area (Å²) in [5.74, 6) is -0.451. The van der Waals surface area contributed by atoms with Crippen LogP contribution in [0.2, 0.25) is 0 Å². The van der Waals surface area contributed by atoms with Gasteiger partial charge >= 0.3 is 0 Å². The summed E-state index contributed by atoms with van der Waals surface area (Å²) in [5.41, 5.74) is 0.398. The third-order valence-electron chi connectivity index (χ3n) is 2.03. The lowest BCUT2D eigenvalue weighted by molar-refractivity contribution is -0.385. The third-order valence-corrected chi connectivity index (χ3v) is 2.03. The number of Topliss-reactive ketones (excluding diaryl/α,β-unsaturated/α-hetero) is 1. The summed E-state index contributed by atoms with van der Waals surface area (Å²) >= 11 is 0. The fraction of sp³-hybridized carbons (Fsp3) is 0.333. The molecule has 0 fully saturated rings. The zero-order valence-electron chi connectivity index (χ0n) is 7.93. The fourth-order valence-corrected chi connectivity index (χ4v) is 0.995. The predicted octanol–water partition coefficient (Wildman–Crippen LogP) is 1.68. The highest BCUT2D eigenvalue weighted by atomic mass is 16.6. The molecule has 5 nitrogen and oxygen atoms in total. The van der Waals surface area contributed by atoms with Gasteiger partial charge < -0.3 is 0 Å². The minimum absolute atomic E-state index is 0.0388. The van der Waals surface area contributed by atoms with E-state index in [0.29, 0.717) is 5.69 Å². The van der Waals surface area contributed by atoms with Crippen molar-refractivity contribution in [3.63, 3.8) is 0 Å². The second-order valence-electron chi connectivity index (χ2n) is 3.03. The van der Waals surface area contributed by atoms with Crippen molar-refractivity contribution >= 4 is 11.5 Å². The monoisotopic (exact) mass is 194 g/mol. The Morgan fingerprint density at radius 3 is 2.79 bits per heavy atom. The highest BCUT2D eigenvalue weighted by Crippen LogP contribution is 2.18. The number of hydrogen-bond acceptors (Lipinski definition) is 4. The molecular weight excluding hydrogens is 184 g/mol. The van der Waals surface area contributed by atoms with Crippen LogP contribution in [0.5, 0.6) is 0 Å². The van der Waals surface area contributed by atoms with Crippen molar-refractivity contribution in [2.45, 2.75) is 19.8 Å². The van der Waals surface area contributed by atoms with E-state index in [1.807, 2.05) is 0 Å². The minimum atomic E-state index is -0.502. The molecule has 5 heteroatoms. The fourth-order valence-electron chi connectivity index (χ4n) is 0.995. The Morgan fingerprint density at radius 1 is 1.64 bits per heavy atom. The zero-order chi connectivity index (χ0) is 10.7. The second-order valence-corrected chi connectivity index (χ2v) is 3.03. The number of rotatable bonds is 3. The van der Waals surface area contributed by atoms with E-state index < -0.39 is 10.8 Å². The molecule has 0 amide bonds. The van der Waals surface area contributed by atoms with E-state index in [2.05, 4.69) is 4.98 Å². The molecule has 0 N–H and O–H groups in total. The molecule has 1 unspecified atom stereocenters. The molecular formula is C9H10N2O3. The van der Waals surface area contributed by atoms with Crippen LogP contribution in [0.3, 0.4) is 0 Å². The Morgan fingerprint density at radius 2 is 2.29 bits per heavy atom. The first-order valence-corrected chi connectivity index (χ1v) is 4.13. The summed E-state index contributed by atoms with van der Waals surface area (Å²) in [4.78, 5) is 24.9. The van der Waals surface area contributed by atoms with Gasteiger partial charge in [-0.25, -0.2) is 0 Å². The van der Waals surface area contributed by atoms with Gasteiger partial charge in [0.2, 0.25) is 0 Å². The normalized spacial score (nSPS) is 12.1. The molecule has 0 saturated carbocycles. The molecule has 0 saturated heterocycles. The van der Waals surface area contributed by atoms with E-state index in [-0.39, 0.29) is 11.5 Å². The van der Waals surface area contributed by atoms with Gasteiger partial charge in [0.1, 0.15) is 5.78 Å². The molecule has 14 heavy (non-hydrogen) atoms. The molecule has 1 aromatic heterocycles. The number of pyridine rings is 1.